The smallest absolute Gasteiger partial charge is 0.0790 e. The Kier molecular flexibility index (Phi) is 9.18. The van der Waals surface area contributed by atoms with E-state index in [1.165, 1.54) is 6.42 Å². The molecule has 0 heterocycles. The second-order valence-corrected chi connectivity index (χ2v) is 8.24. The zero-order chi connectivity index (χ0) is 18.9. The SMILES string of the molecule is CCC/C=C\CC1C(c2ccc(C(O)CCCCC)cc2)[C@H](O)C[C@H]1Cl. The Balaban J connectivity index is 2.04. The molecule has 0 aliphatic heterocycles. The van der Waals surface area contributed by atoms with Crippen molar-refractivity contribution in [1.29, 1.82) is 0 Å². The number of allylic oxidation sites excluding steroid dienone is 2. The quantitative estimate of drug-likeness (QED) is 0.292. The molecule has 0 bridgehead atoms. The van der Waals surface area contributed by atoms with E-state index in [0.29, 0.717) is 6.42 Å². The first-order chi connectivity index (χ1) is 12.6. The van der Waals surface area contributed by atoms with Crippen LogP contribution in [0.3, 0.4) is 0 Å². The number of unbranched alkanes of at least 4 members (excludes halogenated alkanes) is 3. The molecule has 2 nitrogen and oxygen atoms in total. The molecule has 1 aliphatic rings. The molecule has 0 radical (unpaired) electrons. The first kappa shape index (κ1) is 21.5. The van der Waals surface area contributed by atoms with Crippen molar-refractivity contribution in [3.8, 4) is 0 Å². The van der Waals surface area contributed by atoms with Crippen LogP contribution in [-0.2, 0) is 0 Å². The third-order valence-corrected chi connectivity index (χ3v) is 6.13. The molecule has 1 aromatic rings. The van der Waals surface area contributed by atoms with Crippen LogP contribution in [0.25, 0.3) is 0 Å². The number of hydrogen-bond donors (Lipinski definition) is 2. The molecule has 0 amide bonds. The minimum Gasteiger partial charge on any atom is -0.392 e. The predicted octanol–water partition coefficient (Wildman–Crippen LogP) is 6.12. The summed E-state index contributed by atoms with van der Waals surface area (Å²) in [6.07, 6.45) is 11.7. The van der Waals surface area contributed by atoms with Gasteiger partial charge in [0.25, 0.3) is 0 Å². The van der Waals surface area contributed by atoms with Crippen LogP contribution in [0.1, 0.15) is 88.4 Å². The van der Waals surface area contributed by atoms with Crippen molar-refractivity contribution in [3.63, 3.8) is 0 Å². The van der Waals surface area contributed by atoms with Crippen LogP contribution in [0.15, 0.2) is 36.4 Å². The lowest BCUT2D eigenvalue weighted by molar-refractivity contribution is 0.154. The highest BCUT2D eigenvalue weighted by Crippen LogP contribution is 2.45. The fourth-order valence-electron chi connectivity index (χ4n) is 4.06. The number of hydrogen-bond acceptors (Lipinski definition) is 2. The van der Waals surface area contributed by atoms with Gasteiger partial charge in [0.15, 0.2) is 0 Å². The molecule has 2 rings (SSSR count). The summed E-state index contributed by atoms with van der Waals surface area (Å²) in [5, 5.41) is 20.9. The molecular weight excluding hydrogens is 344 g/mol. The van der Waals surface area contributed by atoms with Gasteiger partial charge in [-0.25, -0.2) is 0 Å². The van der Waals surface area contributed by atoms with E-state index in [-0.39, 0.29) is 23.3 Å². The number of alkyl halides is 1. The number of aliphatic hydroxyl groups is 2. The summed E-state index contributed by atoms with van der Waals surface area (Å²) < 4.78 is 0. The van der Waals surface area contributed by atoms with Crippen molar-refractivity contribution in [2.75, 3.05) is 0 Å². The van der Waals surface area contributed by atoms with Crippen LogP contribution < -0.4 is 0 Å². The van der Waals surface area contributed by atoms with E-state index in [1.807, 2.05) is 12.1 Å². The van der Waals surface area contributed by atoms with Gasteiger partial charge in [-0.05, 0) is 42.7 Å². The summed E-state index contributed by atoms with van der Waals surface area (Å²) in [4.78, 5) is 0. The molecule has 146 valence electrons. The maximum Gasteiger partial charge on any atom is 0.0790 e. The first-order valence-corrected chi connectivity index (χ1v) is 10.8. The van der Waals surface area contributed by atoms with Gasteiger partial charge in [0.05, 0.1) is 12.2 Å². The Morgan fingerprint density at radius 1 is 1.12 bits per heavy atom. The topological polar surface area (TPSA) is 40.5 Å². The molecule has 1 saturated carbocycles. The standard InChI is InChI=1S/C23H35ClO2/c1-3-5-7-9-10-19-20(24)16-22(26)23(19)18-14-12-17(13-15-18)21(25)11-8-6-4-2/h7,9,12-15,19-23,25-26H,3-6,8,10-11,16H2,1-2H3/b9-7-/t19?,20-,21?,22-,23?/m1/s1. The fraction of sp³-hybridized carbons (Fsp3) is 0.652. The van der Waals surface area contributed by atoms with E-state index in [4.69, 9.17) is 11.6 Å². The summed E-state index contributed by atoms with van der Waals surface area (Å²) in [7, 11) is 0. The highest BCUT2D eigenvalue weighted by atomic mass is 35.5. The van der Waals surface area contributed by atoms with Gasteiger partial charge in [0, 0.05) is 11.3 Å². The first-order valence-electron chi connectivity index (χ1n) is 10.3. The normalized spacial score (nSPS) is 27.3. The van der Waals surface area contributed by atoms with E-state index in [2.05, 4.69) is 38.1 Å². The highest BCUT2D eigenvalue weighted by molar-refractivity contribution is 6.21. The van der Waals surface area contributed by atoms with Gasteiger partial charge in [-0.3, -0.25) is 0 Å². The Bertz CT molecular complexity index is 540. The molecule has 1 aromatic carbocycles. The molecular formula is C23H35ClO2. The van der Waals surface area contributed by atoms with Gasteiger partial charge in [0.1, 0.15) is 0 Å². The van der Waals surface area contributed by atoms with E-state index in [0.717, 1.165) is 49.7 Å². The largest absolute Gasteiger partial charge is 0.392 e. The predicted molar refractivity (Wildman–Crippen MR) is 111 cm³/mol. The minimum absolute atomic E-state index is 0.0144. The molecule has 2 N–H and O–H groups in total. The minimum atomic E-state index is -0.391. The summed E-state index contributed by atoms with van der Waals surface area (Å²) in [6, 6.07) is 8.18. The van der Waals surface area contributed by atoms with E-state index < -0.39 is 6.10 Å². The molecule has 5 atom stereocenters. The van der Waals surface area contributed by atoms with Crippen molar-refractivity contribution in [2.24, 2.45) is 5.92 Å². The highest BCUT2D eigenvalue weighted by Gasteiger charge is 2.41. The fourth-order valence-corrected chi connectivity index (χ4v) is 4.50. The zero-order valence-electron chi connectivity index (χ0n) is 16.3. The van der Waals surface area contributed by atoms with E-state index in [9.17, 15) is 10.2 Å². The molecule has 3 heteroatoms. The van der Waals surface area contributed by atoms with Crippen molar-refractivity contribution >= 4 is 11.6 Å². The van der Waals surface area contributed by atoms with Crippen LogP contribution >= 0.6 is 11.6 Å². The third-order valence-electron chi connectivity index (χ3n) is 5.62. The van der Waals surface area contributed by atoms with Gasteiger partial charge in [0.2, 0.25) is 0 Å². The van der Waals surface area contributed by atoms with Crippen LogP contribution in [-0.4, -0.2) is 21.7 Å². The molecule has 3 unspecified atom stereocenters. The maximum atomic E-state index is 10.5. The summed E-state index contributed by atoms with van der Waals surface area (Å²) >= 11 is 6.55. The lowest BCUT2D eigenvalue weighted by Gasteiger charge is -2.23. The van der Waals surface area contributed by atoms with Gasteiger partial charge < -0.3 is 10.2 Å². The molecule has 1 aliphatic carbocycles. The third kappa shape index (κ3) is 5.84. The Hall–Kier alpha value is -0.830. The average Bonchev–Trinajstić information content (AvgIpc) is 2.92. The second-order valence-electron chi connectivity index (χ2n) is 7.68. The number of halogens is 1. The molecule has 1 fully saturated rings. The van der Waals surface area contributed by atoms with Gasteiger partial charge >= 0.3 is 0 Å². The summed E-state index contributed by atoms with van der Waals surface area (Å²) in [5.41, 5.74) is 2.11. The lowest BCUT2D eigenvalue weighted by atomic mass is 9.84. The van der Waals surface area contributed by atoms with Crippen molar-refractivity contribution in [2.45, 2.75) is 88.7 Å². The van der Waals surface area contributed by atoms with Gasteiger partial charge in [-0.2, -0.15) is 0 Å². The summed E-state index contributed by atoms with van der Waals surface area (Å²) in [5.74, 6) is 0.343. The van der Waals surface area contributed by atoms with Crippen LogP contribution in [0.2, 0.25) is 0 Å². The zero-order valence-corrected chi connectivity index (χ0v) is 17.0. The Morgan fingerprint density at radius 2 is 1.85 bits per heavy atom. The average molecular weight is 379 g/mol. The number of rotatable bonds is 10. The molecule has 0 saturated heterocycles. The number of aliphatic hydroxyl groups excluding tert-OH is 2. The Morgan fingerprint density at radius 3 is 2.50 bits per heavy atom. The molecule has 26 heavy (non-hydrogen) atoms. The van der Waals surface area contributed by atoms with Crippen LogP contribution in [0, 0.1) is 5.92 Å². The van der Waals surface area contributed by atoms with Crippen molar-refractivity contribution in [3.05, 3.63) is 47.5 Å². The second kappa shape index (κ2) is 11.1. The summed E-state index contributed by atoms with van der Waals surface area (Å²) in [6.45, 7) is 4.35. The molecule has 0 spiro atoms. The molecule has 0 aromatic heterocycles. The lowest BCUT2D eigenvalue weighted by Crippen LogP contribution is -2.18. The number of benzene rings is 1. The van der Waals surface area contributed by atoms with E-state index in [1.54, 1.807) is 0 Å². The van der Waals surface area contributed by atoms with Crippen LogP contribution in [0.4, 0.5) is 0 Å². The van der Waals surface area contributed by atoms with E-state index >= 15 is 0 Å². The van der Waals surface area contributed by atoms with Gasteiger partial charge in [-0.15, -0.1) is 11.6 Å². The van der Waals surface area contributed by atoms with Crippen molar-refractivity contribution in [1.82, 2.24) is 0 Å². The monoisotopic (exact) mass is 378 g/mol. The van der Waals surface area contributed by atoms with Crippen LogP contribution in [0.5, 0.6) is 0 Å². The Labute approximate surface area is 164 Å². The van der Waals surface area contributed by atoms with Crippen molar-refractivity contribution < 1.29 is 10.2 Å². The maximum absolute atomic E-state index is 10.5. The van der Waals surface area contributed by atoms with Gasteiger partial charge in [-0.1, -0.05) is 75.9 Å².